The van der Waals surface area contributed by atoms with Crippen LogP contribution >= 0.6 is 21.6 Å². The topological polar surface area (TPSA) is 52.6 Å². The Balaban J connectivity index is 1.95. The lowest BCUT2D eigenvalue weighted by atomic mass is 10.0. The van der Waals surface area contributed by atoms with Crippen molar-refractivity contribution in [1.82, 2.24) is 0 Å². The summed E-state index contributed by atoms with van der Waals surface area (Å²) in [5, 5.41) is 0. The maximum atomic E-state index is 11.3. The third-order valence-electron chi connectivity index (χ3n) is 3.48. The smallest absolute Gasteiger partial charge is 0.137 e. The third kappa shape index (κ3) is 3.29. The Morgan fingerprint density at radius 1 is 0.722 bits per heavy atom. The maximum absolute atomic E-state index is 11.3. The largest absolute Gasteiger partial charge is 0.381 e. The van der Waals surface area contributed by atoms with Gasteiger partial charge in [0.05, 0.1) is 9.49 Å². The molecule has 0 radical (unpaired) electrons. The lowest BCUT2D eigenvalue weighted by molar-refractivity contribution is -0.112. The average Bonchev–Trinajstić information content (AvgIpc) is 2.47. The highest BCUT2D eigenvalue weighted by molar-refractivity contribution is 8.78. The highest BCUT2D eigenvalue weighted by atomic mass is 33.1. The van der Waals surface area contributed by atoms with E-state index in [1.807, 2.05) is 0 Å². The molecule has 0 aromatic heterocycles. The third-order valence-corrected chi connectivity index (χ3v) is 7.48. The van der Waals surface area contributed by atoms with Crippen molar-refractivity contribution in [3.8, 4) is 0 Å². The molecule has 6 heteroatoms. The van der Waals surface area contributed by atoms with E-state index in [2.05, 4.69) is 0 Å². The Kier molecular flexibility index (Phi) is 5.12. The Morgan fingerprint density at radius 2 is 1.06 bits per heavy atom. The van der Waals surface area contributed by atoms with Gasteiger partial charge in [0.1, 0.15) is 12.6 Å². The first-order valence-electron chi connectivity index (χ1n) is 6.19. The molecule has 0 amide bonds. The molecule has 102 valence electrons. The normalized spacial score (nSPS) is 26.4. The van der Waals surface area contributed by atoms with Crippen molar-refractivity contribution in [2.45, 2.75) is 35.2 Å². The predicted molar refractivity (Wildman–Crippen MR) is 72.9 cm³/mol. The molecule has 2 aliphatic heterocycles. The monoisotopic (exact) mass is 290 g/mol. The van der Waals surface area contributed by atoms with E-state index in [4.69, 9.17) is 9.47 Å². The van der Waals surface area contributed by atoms with Crippen LogP contribution in [0.15, 0.2) is 0 Å². The minimum atomic E-state index is -0.378. The number of carbonyl (C=O) groups is 2. The summed E-state index contributed by atoms with van der Waals surface area (Å²) in [6, 6.07) is 0. The van der Waals surface area contributed by atoms with Crippen molar-refractivity contribution in [3.05, 3.63) is 0 Å². The summed E-state index contributed by atoms with van der Waals surface area (Å²) in [7, 11) is 3.11. The van der Waals surface area contributed by atoms with Crippen molar-refractivity contribution in [3.63, 3.8) is 0 Å². The van der Waals surface area contributed by atoms with Gasteiger partial charge in [-0.1, -0.05) is 21.6 Å². The van der Waals surface area contributed by atoms with Crippen molar-refractivity contribution >= 4 is 34.2 Å². The van der Waals surface area contributed by atoms with Gasteiger partial charge in [-0.3, -0.25) is 0 Å². The minimum Gasteiger partial charge on any atom is -0.381 e. The van der Waals surface area contributed by atoms with E-state index in [9.17, 15) is 9.59 Å². The SMILES string of the molecule is O=CC1(SSC2(C=O)CCOCC2)CCOCC1. The van der Waals surface area contributed by atoms with Gasteiger partial charge in [-0.25, -0.2) is 0 Å². The van der Waals surface area contributed by atoms with Crippen molar-refractivity contribution in [2.24, 2.45) is 0 Å². The Morgan fingerprint density at radius 3 is 1.33 bits per heavy atom. The van der Waals surface area contributed by atoms with E-state index < -0.39 is 0 Å². The number of carbonyl (C=O) groups excluding carboxylic acids is 2. The highest BCUT2D eigenvalue weighted by Crippen LogP contribution is 2.49. The molecule has 0 aromatic rings. The summed E-state index contributed by atoms with van der Waals surface area (Å²) >= 11 is 0. The Hall–Kier alpha value is -0.0400. The second-order valence-electron chi connectivity index (χ2n) is 4.76. The molecule has 2 rings (SSSR count). The first kappa shape index (κ1) is 14.4. The maximum Gasteiger partial charge on any atom is 0.137 e. The first-order chi connectivity index (χ1) is 8.74. The molecule has 0 aliphatic carbocycles. The van der Waals surface area contributed by atoms with Gasteiger partial charge in [-0.05, 0) is 25.7 Å². The number of hydrogen-bond acceptors (Lipinski definition) is 6. The van der Waals surface area contributed by atoms with Crippen LogP contribution < -0.4 is 0 Å². The molecule has 18 heavy (non-hydrogen) atoms. The molecule has 0 aromatic carbocycles. The molecular weight excluding hydrogens is 272 g/mol. The zero-order chi connectivity index (χ0) is 12.9. The van der Waals surface area contributed by atoms with Gasteiger partial charge >= 0.3 is 0 Å². The molecule has 0 bridgehead atoms. The lowest BCUT2D eigenvalue weighted by Crippen LogP contribution is -2.37. The predicted octanol–water partition coefficient (Wildman–Crippen LogP) is 1.86. The van der Waals surface area contributed by atoms with Crippen LogP contribution in [0.5, 0.6) is 0 Å². The lowest BCUT2D eigenvalue weighted by Gasteiger charge is -2.36. The molecule has 0 atom stereocenters. The van der Waals surface area contributed by atoms with E-state index in [1.54, 1.807) is 21.6 Å². The zero-order valence-corrected chi connectivity index (χ0v) is 11.9. The van der Waals surface area contributed by atoms with Crippen LogP contribution in [0.2, 0.25) is 0 Å². The zero-order valence-electron chi connectivity index (χ0n) is 10.3. The summed E-state index contributed by atoms with van der Waals surface area (Å²) in [4.78, 5) is 22.7. The van der Waals surface area contributed by atoms with Crippen LogP contribution in [0.4, 0.5) is 0 Å². The fraction of sp³-hybridized carbons (Fsp3) is 0.833. The summed E-state index contributed by atoms with van der Waals surface area (Å²) in [5.74, 6) is 0. The van der Waals surface area contributed by atoms with Crippen molar-refractivity contribution in [1.29, 1.82) is 0 Å². The number of ether oxygens (including phenoxy) is 2. The van der Waals surface area contributed by atoms with Gasteiger partial charge in [0.25, 0.3) is 0 Å². The van der Waals surface area contributed by atoms with E-state index in [0.29, 0.717) is 26.4 Å². The summed E-state index contributed by atoms with van der Waals surface area (Å²) < 4.78 is 9.84. The fourth-order valence-corrected chi connectivity index (χ4v) is 5.35. The Bertz CT molecular complexity index is 266. The molecule has 0 N–H and O–H groups in total. The van der Waals surface area contributed by atoms with Gasteiger partial charge in [-0.15, -0.1) is 0 Å². The van der Waals surface area contributed by atoms with E-state index in [0.717, 1.165) is 38.3 Å². The molecular formula is C12H18O4S2. The molecule has 0 unspecified atom stereocenters. The van der Waals surface area contributed by atoms with E-state index >= 15 is 0 Å². The first-order valence-corrected chi connectivity index (χ1v) is 8.34. The summed E-state index contributed by atoms with van der Waals surface area (Å²) in [5.41, 5.74) is 0. The number of rotatable bonds is 5. The van der Waals surface area contributed by atoms with E-state index in [1.165, 1.54) is 0 Å². The van der Waals surface area contributed by atoms with Gasteiger partial charge in [0.2, 0.25) is 0 Å². The minimum absolute atomic E-state index is 0.378. The highest BCUT2D eigenvalue weighted by Gasteiger charge is 2.40. The average molecular weight is 290 g/mol. The molecule has 2 fully saturated rings. The Labute approximate surface area is 115 Å². The molecule has 0 spiro atoms. The van der Waals surface area contributed by atoms with Gasteiger partial charge in [-0.2, -0.15) is 0 Å². The van der Waals surface area contributed by atoms with Crippen LogP contribution in [-0.2, 0) is 19.1 Å². The van der Waals surface area contributed by atoms with Crippen LogP contribution in [0, 0.1) is 0 Å². The molecule has 0 saturated carbocycles. The number of aldehydes is 2. The second-order valence-corrected chi connectivity index (χ2v) is 7.72. The second kappa shape index (κ2) is 6.41. The van der Waals surface area contributed by atoms with Gasteiger partial charge in [0, 0.05) is 26.4 Å². The van der Waals surface area contributed by atoms with E-state index in [-0.39, 0.29) is 9.49 Å². The summed E-state index contributed by atoms with van der Waals surface area (Å²) in [6.07, 6.45) is 5.01. The molecule has 4 nitrogen and oxygen atoms in total. The standard InChI is InChI=1S/C12H18O4S2/c13-9-11(1-5-15-6-2-11)17-18-12(10-14)3-7-16-8-4-12/h9-10H,1-8H2. The van der Waals surface area contributed by atoms with Crippen LogP contribution in [0.1, 0.15) is 25.7 Å². The van der Waals surface area contributed by atoms with Crippen LogP contribution in [0.3, 0.4) is 0 Å². The summed E-state index contributed by atoms with van der Waals surface area (Å²) in [6.45, 7) is 2.51. The number of hydrogen-bond donors (Lipinski definition) is 0. The van der Waals surface area contributed by atoms with Gasteiger partial charge < -0.3 is 19.1 Å². The van der Waals surface area contributed by atoms with Crippen LogP contribution in [-0.4, -0.2) is 48.5 Å². The van der Waals surface area contributed by atoms with Crippen molar-refractivity contribution in [2.75, 3.05) is 26.4 Å². The molecule has 2 saturated heterocycles. The van der Waals surface area contributed by atoms with Gasteiger partial charge in [0.15, 0.2) is 0 Å². The molecule has 2 heterocycles. The molecule has 2 aliphatic rings. The van der Waals surface area contributed by atoms with Crippen molar-refractivity contribution < 1.29 is 19.1 Å². The quantitative estimate of drug-likeness (QED) is 0.569. The fourth-order valence-electron chi connectivity index (χ4n) is 2.04. The van der Waals surface area contributed by atoms with Crippen LogP contribution in [0.25, 0.3) is 0 Å².